The standard InChI is InChI=1S/C12H11ClF3NO2/c13-10-2-1-8(5-9(10)12(14,15)16)17-11(18)7-3-4-19-6-7/h1-2,5,7H,3-4,6H2,(H,17,18). The van der Waals surface area contributed by atoms with Gasteiger partial charge in [-0.3, -0.25) is 4.79 Å². The van der Waals surface area contributed by atoms with Gasteiger partial charge >= 0.3 is 6.18 Å². The Bertz CT molecular complexity index is 484. The summed E-state index contributed by atoms with van der Waals surface area (Å²) in [5, 5.41) is 2.05. The Labute approximate surface area is 112 Å². The average molecular weight is 294 g/mol. The van der Waals surface area contributed by atoms with Crippen molar-refractivity contribution < 1.29 is 22.7 Å². The second-order valence-electron chi connectivity index (χ2n) is 4.24. The van der Waals surface area contributed by atoms with Crippen molar-refractivity contribution in [3.8, 4) is 0 Å². The molecule has 0 saturated carbocycles. The second-order valence-corrected chi connectivity index (χ2v) is 4.65. The lowest BCUT2D eigenvalue weighted by Crippen LogP contribution is -2.23. The van der Waals surface area contributed by atoms with Crippen molar-refractivity contribution in [3.05, 3.63) is 28.8 Å². The van der Waals surface area contributed by atoms with Crippen LogP contribution in [-0.2, 0) is 15.7 Å². The molecule has 0 aromatic heterocycles. The molecule has 1 amide bonds. The molecule has 1 aromatic rings. The van der Waals surface area contributed by atoms with Gasteiger partial charge in [-0.1, -0.05) is 11.6 Å². The Morgan fingerprint density at radius 2 is 2.16 bits per heavy atom. The fourth-order valence-corrected chi connectivity index (χ4v) is 2.03. The molecule has 1 aliphatic rings. The summed E-state index contributed by atoms with van der Waals surface area (Å²) in [5.74, 6) is -0.655. The summed E-state index contributed by atoms with van der Waals surface area (Å²) < 4.78 is 43.0. The van der Waals surface area contributed by atoms with Gasteiger partial charge < -0.3 is 10.1 Å². The lowest BCUT2D eigenvalue weighted by molar-refractivity contribution is -0.137. The Balaban J connectivity index is 2.15. The predicted molar refractivity (Wildman–Crippen MR) is 64.0 cm³/mol. The Kier molecular flexibility index (Phi) is 4.01. The minimum Gasteiger partial charge on any atom is -0.381 e. The molecular formula is C12H11ClF3NO2. The molecule has 0 bridgehead atoms. The van der Waals surface area contributed by atoms with Crippen molar-refractivity contribution in [2.75, 3.05) is 18.5 Å². The number of halogens is 4. The van der Waals surface area contributed by atoms with Gasteiger partial charge in [0.15, 0.2) is 0 Å². The number of alkyl halides is 3. The van der Waals surface area contributed by atoms with Crippen molar-refractivity contribution in [2.24, 2.45) is 5.92 Å². The van der Waals surface area contributed by atoms with Crippen molar-refractivity contribution in [2.45, 2.75) is 12.6 Å². The van der Waals surface area contributed by atoms with E-state index < -0.39 is 16.8 Å². The highest BCUT2D eigenvalue weighted by Gasteiger charge is 2.33. The molecule has 1 fully saturated rings. The lowest BCUT2D eigenvalue weighted by Gasteiger charge is -2.13. The van der Waals surface area contributed by atoms with E-state index in [0.717, 1.165) is 12.1 Å². The summed E-state index contributed by atoms with van der Waals surface area (Å²) >= 11 is 5.49. The molecule has 1 heterocycles. The van der Waals surface area contributed by atoms with Gasteiger partial charge in [-0.25, -0.2) is 0 Å². The Morgan fingerprint density at radius 3 is 2.74 bits per heavy atom. The van der Waals surface area contributed by atoms with E-state index >= 15 is 0 Å². The zero-order chi connectivity index (χ0) is 14.0. The molecule has 1 aromatic carbocycles. The second kappa shape index (κ2) is 5.38. The van der Waals surface area contributed by atoms with Crippen molar-refractivity contribution in [1.29, 1.82) is 0 Å². The van der Waals surface area contributed by atoms with Gasteiger partial charge in [-0.05, 0) is 24.6 Å². The SMILES string of the molecule is O=C(Nc1ccc(Cl)c(C(F)(F)F)c1)C1CCOC1. The van der Waals surface area contributed by atoms with Crippen molar-refractivity contribution in [3.63, 3.8) is 0 Å². The molecule has 2 rings (SSSR count). The molecule has 0 radical (unpaired) electrons. The van der Waals surface area contributed by atoms with Gasteiger partial charge in [-0.2, -0.15) is 13.2 Å². The van der Waals surface area contributed by atoms with E-state index in [9.17, 15) is 18.0 Å². The van der Waals surface area contributed by atoms with Gasteiger partial charge in [0.2, 0.25) is 5.91 Å². The van der Waals surface area contributed by atoms with Crippen LogP contribution in [0.1, 0.15) is 12.0 Å². The molecule has 104 valence electrons. The highest BCUT2D eigenvalue weighted by atomic mass is 35.5. The zero-order valence-corrected chi connectivity index (χ0v) is 10.5. The zero-order valence-electron chi connectivity index (χ0n) is 9.76. The van der Waals surface area contributed by atoms with Gasteiger partial charge in [0.1, 0.15) is 0 Å². The third kappa shape index (κ3) is 3.39. The highest BCUT2D eigenvalue weighted by molar-refractivity contribution is 6.31. The number of hydrogen-bond acceptors (Lipinski definition) is 2. The van der Waals surface area contributed by atoms with Gasteiger partial charge in [0.05, 0.1) is 23.1 Å². The van der Waals surface area contributed by atoms with Crippen molar-refractivity contribution in [1.82, 2.24) is 0 Å². The molecule has 3 nitrogen and oxygen atoms in total. The molecule has 19 heavy (non-hydrogen) atoms. The summed E-state index contributed by atoms with van der Waals surface area (Å²) in [5.41, 5.74) is -0.886. The first-order valence-corrected chi connectivity index (χ1v) is 6.01. The maximum atomic E-state index is 12.6. The maximum absolute atomic E-state index is 12.6. The summed E-state index contributed by atoms with van der Waals surface area (Å²) in [6.45, 7) is 0.790. The summed E-state index contributed by atoms with van der Waals surface area (Å²) in [6, 6.07) is 3.28. The Morgan fingerprint density at radius 1 is 1.42 bits per heavy atom. The topological polar surface area (TPSA) is 38.3 Å². The largest absolute Gasteiger partial charge is 0.417 e. The van der Waals surface area contributed by atoms with Gasteiger partial charge in [-0.15, -0.1) is 0 Å². The van der Waals surface area contributed by atoms with Crippen molar-refractivity contribution >= 4 is 23.2 Å². The van der Waals surface area contributed by atoms with Gasteiger partial charge in [0.25, 0.3) is 0 Å². The molecule has 0 spiro atoms. The van der Waals surface area contributed by atoms with Crippen LogP contribution in [-0.4, -0.2) is 19.1 Å². The smallest absolute Gasteiger partial charge is 0.381 e. The first-order valence-electron chi connectivity index (χ1n) is 5.63. The third-order valence-corrected chi connectivity index (χ3v) is 3.17. The molecule has 1 aliphatic heterocycles. The number of rotatable bonds is 2. The number of anilines is 1. The predicted octanol–water partition coefficient (Wildman–Crippen LogP) is 3.33. The van der Waals surface area contributed by atoms with E-state index in [0.29, 0.717) is 19.6 Å². The van der Waals surface area contributed by atoms with Crippen LogP contribution >= 0.6 is 11.6 Å². The normalized spacial score (nSPS) is 19.5. The minimum atomic E-state index is -4.55. The number of amides is 1. The molecule has 1 N–H and O–H groups in total. The fourth-order valence-electron chi connectivity index (χ4n) is 1.81. The van der Waals surface area contributed by atoms with Crippen LogP contribution in [0.5, 0.6) is 0 Å². The molecule has 1 saturated heterocycles. The quantitative estimate of drug-likeness (QED) is 0.908. The molecule has 1 atom stereocenters. The Hall–Kier alpha value is -1.27. The number of nitrogens with one attached hydrogen (secondary N) is 1. The number of ether oxygens (including phenoxy) is 1. The minimum absolute atomic E-state index is 0.0774. The summed E-state index contributed by atoms with van der Waals surface area (Å²) in [4.78, 5) is 11.8. The first-order chi connectivity index (χ1) is 8.88. The van der Waals surface area contributed by atoms with E-state index in [1.54, 1.807) is 0 Å². The van der Waals surface area contributed by atoms with Crippen LogP contribution in [0.2, 0.25) is 5.02 Å². The molecule has 0 aliphatic carbocycles. The molecule has 1 unspecified atom stereocenters. The van der Waals surface area contributed by atoms with E-state index in [4.69, 9.17) is 16.3 Å². The average Bonchev–Trinajstić information content (AvgIpc) is 2.83. The number of carbonyl (C=O) groups is 1. The van der Waals surface area contributed by atoms with Crippen LogP contribution in [0.3, 0.4) is 0 Å². The fraction of sp³-hybridized carbons (Fsp3) is 0.417. The van der Waals surface area contributed by atoms with E-state index in [-0.39, 0.29) is 17.5 Å². The number of benzene rings is 1. The highest BCUT2D eigenvalue weighted by Crippen LogP contribution is 2.36. The van der Waals surface area contributed by atoms with Crippen LogP contribution in [0, 0.1) is 5.92 Å². The van der Waals surface area contributed by atoms with Crippen LogP contribution < -0.4 is 5.32 Å². The first kappa shape index (κ1) is 14.1. The summed E-state index contributed by atoms with van der Waals surface area (Å²) in [7, 11) is 0. The van der Waals surface area contributed by atoms with E-state index in [1.807, 2.05) is 0 Å². The van der Waals surface area contributed by atoms with Crippen LogP contribution in [0.25, 0.3) is 0 Å². The number of hydrogen-bond donors (Lipinski definition) is 1. The van der Waals surface area contributed by atoms with E-state index in [1.165, 1.54) is 6.07 Å². The van der Waals surface area contributed by atoms with Crippen LogP contribution in [0.4, 0.5) is 18.9 Å². The molecule has 7 heteroatoms. The summed E-state index contributed by atoms with van der Waals surface area (Å²) in [6.07, 6.45) is -3.97. The van der Waals surface area contributed by atoms with Crippen LogP contribution in [0.15, 0.2) is 18.2 Å². The lowest BCUT2D eigenvalue weighted by atomic mass is 10.1. The third-order valence-electron chi connectivity index (χ3n) is 2.84. The van der Waals surface area contributed by atoms with E-state index in [2.05, 4.69) is 5.32 Å². The molecular weight excluding hydrogens is 283 g/mol. The van der Waals surface area contributed by atoms with Gasteiger partial charge in [0, 0.05) is 12.3 Å². The maximum Gasteiger partial charge on any atom is 0.417 e. The monoisotopic (exact) mass is 293 g/mol. The number of carbonyl (C=O) groups excluding carboxylic acids is 1.